The topological polar surface area (TPSA) is 88.1 Å². The van der Waals surface area contributed by atoms with Gasteiger partial charge in [-0.1, -0.05) is 0 Å². The fraction of sp³-hybridized carbons (Fsp3) is 0.400. The number of H-pyrrole nitrogens is 1. The highest BCUT2D eigenvalue weighted by molar-refractivity contribution is 5.74. The van der Waals surface area contributed by atoms with E-state index in [1.165, 1.54) is 13.4 Å². The van der Waals surface area contributed by atoms with E-state index in [9.17, 15) is 4.79 Å². The van der Waals surface area contributed by atoms with Crippen LogP contribution in [-0.4, -0.2) is 33.4 Å². The van der Waals surface area contributed by atoms with Gasteiger partial charge in [0.05, 0.1) is 7.11 Å². The number of hydrogen-bond acceptors (Lipinski definition) is 5. The van der Waals surface area contributed by atoms with E-state index in [0.717, 1.165) is 0 Å². The molecule has 0 aromatic carbocycles. The van der Waals surface area contributed by atoms with Crippen molar-refractivity contribution in [3.8, 4) is 0 Å². The first-order valence-corrected chi connectivity index (χ1v) is 2.87. The molecule has 1 aromatic rings. The maximum atomic E-state index is 10.7. The Kier molecular flexibility index (Phi) is 2.17. The number of nitrogens with zero attached hydrogens (tertiary/aromatic N) is 2. The van der Waals surface area contributed by atoms with Gasteiger partial charge in [0.15, 0.2) is 5.82 Å². The molecule has 1 rings (SSSR count). The standard InChI is InChI=1S/C5H7N3O3/c1-11-5(10)3(9)4-6-2-7-8-4/h2-3,9H,1H3,(H,6,7,8). The van der Waals surface area contributed by atoms with E-state index in [-0.39, 0.29) is 5.82 Å². The van der Waals surface area contributed by atoms with Crippen LogP contribution in [0.3, 0.4) is 0 Å². The molecule has 0 saturated heterocycles. The second-order valence-electron chi connectivity index (χ2n) is 1.80. The Morgan fingerprint density at radius 1 is 1.91 bits per heavy atom. The Bertz CT molecular complexity index is 233. The van der Waals surface area contributed by atoms with Crippen molar-refractivity contribution in [1.82, 2.24) is 15.2 Å². The van der Waals surface area contributed by atoms with Gasteiger partial charge >= 0.3 is 5.97 Å². The number of esters is 1. The predicted octanol–water partition coefficient (Wildman–Crippen LogP) is -0.989. The first-order valence-electron chi connectivity index (χ1n) is 2.87. The van der Waals surface area contributed by atoms with Crippen molar-refractivity contribution in [1.29, 1.82) is 0 Å². The summed E-state index contributed by atoms with van der Waals surface area (Å²) < 4.78 is 4.26. The third-order valence-corrected chi connectivity index (χ3v) is 1.12. The highest BCUT2D eigenvalue weighted by atomic mass is 16.5. The lowest BCUT2D eigenvalue weighted by Gasteiger charge is -2.02. The van der Waals surface area contributed by atoms with Gasteiger partial charge in [-0.25, -0.2) is 9.78 Å². The van der Waals surface area contributed by atoms with Gasteiger partial charge in [-0.15, -0.1) is 0 Å². The Hall–Kier alpha value is -1.43. The second kappa shape index (κ2) is 3.11. The summed E-state index contributed by atoms with van der Waals surface area (Å²) >= 11 is 0. The van der Waals surface area contributed by atoms with Crippen molar-refractivity contribution in [2.24, 2.45) is 0 Å². The largest absolute Gasteiger partial charge is 0.467 e. The van der Waals surface area contributed by atoms with Crippen molar-refractivity contribution in [2.45, 2.75) is 6.10 Å². The van der Waals surface area contributed by atoms with E-state index >= 15 is 0 Å². The van der Waals surface area contributed by atoms with Crippen molar-refractivity contribution >= 4 is 5.97 Å². The zero-order valence-corrected chi connectivity index (χ0v) is 5.81. The van der Waals surface area contributed by atoms with Gasteiger partial charge < -0.3 is 9.84 Å². The van der Waals surface area contributed by atoms with Crippen molar-refractivity contribution in [3.63, 3.8) is 0 Å². The molecule has 1 heterocycles. The number of hydrogen-bond donors (Lipinski definition) is 2. The lowest BCUT2D eigenvalue weighted by Crippen LogP contribution is -2.14. The van der Waals surface area contributed by atoms with E-state index in [2.05, 4.69) is 19.9 Å². The molecule has 0 aliphatic carbocycles. The van der Waals surface area contributed by atoms with Crippen molar-refractivity contribution in [2.75, 3.05) is 7.11 Å². The third-order valence-electron chi connectivity index (χ3n) is 1.12. The third kappa shape index (κ3) is 1.53. The first-order chi connectivity index (χ1) is 5.25. The van der Waals surface area contributed by atoms with Gasteiger partial charge in [-0.05, 0) is 0 Å². The molecule has 2 N–H and O–H groups in total. The fourth-order valence-electron chi connectivity index (χ4n) is 0.570. The number of aliphatic hydroxyl groups is 1. The monoisotopic (exact) mass is 157 g/mol. The molecular weight excluding hydrogens is 150 g/mol. The van der Waals surface area contributed by atoms with E-state index in [0.29, 0.717) is 0 Å². The highest BCUT2D eigenvalue weighted by Gasteiger charge is 2.20. The van der Waals surface area contributed by atoms with Crippen molar-refractivity contribution in [3.05, 3.63) is 12.2 Å². The number of ether oxygens (including phenoxy) is 1. The van der Waals surface area contributed by atoms with Crippen LogP contribution in [0.1, 0.15) is 11.9 Å². The normalized spacial score (nSPS) is 12.5. The number of methoxy groups -OCH3 is 1. The van der Waals surface area contributed by atoms with Crippen LogP contribution in [-0.2, 0) is 9.53 Å². The summed E-state index contributed by atoms with van der Waals surface area (Å²) in [5, 5.41) is 14.9. The zero-order chi connectivity index (χ0) is 8.27. The molecule has 0 fully saturated rings. The summed E-state index contributed by atoms with van der Waals surface area (Å²) in [6, 6.07) is 0. The van der Waals surface area contributed by atoms with Gasteiger partial charge in [0, 0.05) is 0 Å². The molecule has 11 heavy (non-hydrogen) atoms. The summed E-state index contributed by atoms with van der Waals surface area (Å²) in [6.07, 6.45) is -0.177. The minimum absolute atomic E-state index is 0.0804. The molecule has 0 aliphatic rings. The summed E-state index contributed by atoms with van der Waals surface area (Å²) in [6.45, 7) is 0. The molecule has 0 bridgehead atoms. The summed E-state index contributed by atoms with van der Waals surface area (Å²) in [5.41, 5.74) is 0. The van der Waals surface area contributed by atoms with Crippen LogP contribution >= 0.6 is 0 Å². The number of aromatic nitrogens is 3. The fourth-order valence-corrected chi connectivity index (χ4v) is 0.570. The average molecular weight is 157 g/mol. The predicted molar refractivity (Wildman–Crippen MR) is 33.4 cm³/mol. The van der Waals surface area contributed by atoms with Crippen LogP contribution < -0.4 is 0 Å². The maximum Gasteiger partial charge on any atom is 0.342 e. The van der Waals surface area contributed by atoms with E-state index in [4.69, 9.17) is 5.11 Å². The maximum absolute atomic E-state index is 10.7. The quantitative estimate of drug-likeness (QED) is 0.538. The lowest BCUT2D eigenvalue weighted by atomic mass is 10.3. The van der Waals surface area contributed by atoms with Crippen LogP contribution in [0.4, 0.5) is 0 Å². The zero-order valence-electron chi connectivity index (χ0n) is 5.81. The van der Waals surface area contributed by atoms with Gasteiger partial charge in [0.1, 0.15) is 6.33 Å². The number of carbonyl (C=O) groups is 1. The minimum Gasteiger partial charge on any atom is -0.467 e. The average Bonchev–Trinajstić information content (AvgIpc) is 2.53. The second-order valence-corrected chi connectivity index (χ2v) is 1.80. The molecule has 0 saturated carbocycles. The Morgan fingerprint density at radius 2 is 2.64 bits per heavy atom. The van der Waals surface area contributed by atoms with Crippen LogP contribution in [0.25, 0.3) is 0 Å². The van der Waals surface area contributed by atoms with Crippen LogP contribution in [0.5, 0.6) is 0 Å². The SMILES string of the molecule is COC(=O)C(O)c1ncn[nH]1. The van der Waals surface area contributed by atoms with Crippen LogP contribution in [0.15, 0.2) is 6.33 Å². The molecular formula is C5H7N3O3. The summed E-state index contributed by atoms with van der Waals surface area (Å²) in [7, 11) is 1.18. The summed E-state index contributed by atoms with van der Waals surface area (Å²) in [5.74, 6) is -0.682. The molecule has 0 spiro atoms. The molecule has 1 atom stereocenters. The number of aliphatic hydroxyl groups excluding tert-OH is 1. The van der Waals surface area contributed by atoms with E-state index < -0.39 is 12.1 Å². The van der Waals surface area contributed by atoms with Gasteiger partial charge in [-0.2, -0.15) is 5.10 Å². The van der Waals surface area contributed by atoms with Gasteiger partial charge in [0.25, 0.3) is 0 Å². The molecule has 60 valence electrons. The number of nitrogens with one attached hydrogen (secondary N) is 1. The number of carbonyl (C=O) groups excluding carboxylic acids is 1. The van der Waals surface area contributed by atoms with E-state index in [1.807, 2.05) is 0 Å². The van der Waals surface area contributed by atoms with Crippen molar-refractivity contribution < 1.29 is 14.6 Å². The Labute approximate surface area is 62.2 Å². The first kappa shape index (κ1) is 7.67. The van der Waals surface area contributed by atoms with Crippen LogP contribution in [0, 0.1) is 0 Å². The van der Waals surface area contributed by atoms with Crippen LogP contribution in [0.2, 0.25) is 0 Å². The Balaban J connectivity index is 2.70. The summed E-state index contributed by atoms with van der Waals surface area (Å²) in [4.78, 5) is 14.2. The molecule has 1 unspecified atom stereocenters. The Morgan fingerprint density at radius 3 is 3.09 bits per heavy atom. The molecule has 1 aromatic heterocycles. The minimum atomic E-state index is -1.37. The number of rotatable bonds is 2. The molecule has 0 aliphatic heterocycles. The highest BCUT2D eigenvalue weighted by Crippen LogP contribution is 2.05. The van der Waals surface area contributed by atoms with Gasteiger partial charge in [-0.3, -0.25) is 5.10 Å². The van der Waals surface area contributed by atoms with E-state index in [1.54, 1.807) is 0 Å². The number of aromatic amines is 1. The molecule has 6 heteroatoms. The molecule has 0 radical (unpaired) electrons. The van der Waals surface area contributed by atoms with Gasteiger partial charge in [0.2, 0.25) is 6.10 Å². The smallest absolute Gasteiger partial charge is 0.342 e. The molecule has 0 amide bonds. The molecule has 6 nitrogen and oxygen atoms in total. The lowest BCUT2D eigenvalue weighted by molar-refractivity contribution is -0.151.